The highest BCUT2D eigenvalue weighted by molar-refractivity contribution is 6.45. The van der Waals surface area contributed by atoms with E-state index >= 15 is 0 Å². The molecule has 1 rings (SSSR count). The van der Waals surface area contributed by atoms with Gasteiger partial charge in [0.15, 0.2) is 0 Å². The van der Waals surface area contributed by atoms with E-state index in [-0.39, 0.29) is 18.8 Å². The molecule has 7 heteroatoms. The first-order valence-corrected chi connectivity index (χ1v) is 6.06. The first-order valence-electron chi connectivity index (χ1n) is 6.06. The van der Waals surface area contributed by atoms with Gasteiger partial charge in [-0.2, -0.15) is 0 Å². The van der Waals surface area contributed by atoms with E-state index in [4.69, 9.17) is 10.8 Å². The summed E-state index contributed by atoms with van der Waals surface area (Å²) >= 11 is 0. The number of nitrogen functional groups attached to an aromatic ring is 1. The van der Waals surface area contributed by atoms with Crippen molar-refractivity contribution in [2.45, 2.75) is 13.3 Å². The van der Waals surface area contributed by atoms with Gasteiger partial charge in [0.25, 0.3) is 0 Å². The minimum atomic E-state index is -0.972. The number of nitrogens with zero attached hydrogens (tertiary/aromatic N) is 1. The van der Waals surface area contributed by atoms with Gasteiger partial charge in [0, 0.05) is 25.8 Å². The summed E-state index contributed by atoms with van der Waals surface area (Å²) < 4.78 is 0. The minimum Gasteiger partial charge on any atom is -0.399 e. The largest absolute Gasteiger partial charge is 0.399 e. The molecular formula is C13H17N3O4. The Morgan fingerprint density at radius 1 is 1.25 bits per heavy atom. The van der Waals surface area contributed by atoms with Gasteiger partial charge in [0.05, 0.1) is 5.69 Å². The number of nitrogens with two attached hydrogens (primary N) is 1. The number of hydrogen-bond donors (Lipinski definition) is 3. The number of aliphatic hydroxyl groups excluding tert-OH is 1. The topological polar surface area (TPSA) is 113 Å². The standard InChI is InChI=1S/C13H17N3O4/c1-9(18)16(11-5-3-10(14)4-6-11)13(20)12(19)15-7-2-8-17/h3-6,17H,2,7-8,14H2,1H3,(H,15,19). The van der Waals surface area contributed by atoms with Gasteiger partial charge in [-0.25, -0.2) is 4.90 Å². The van der Waals surface area contributed by atoms with Crippen LogP contribution >= 0.6 is 0 Å². The maximum Gasteiger partial charge on any atom is 0.323 e. The highest BCUT2D eigenvalue weighted by Gasteiger charge is 2.26. The van der Waals surface area contributed by atoms with Gasteiger partial charge in [0.2, 0.25) is 5.91 Å². The van der Waals surface area contributed by atoms with E-state index in [0.717, 1.165) is 4.90 Å². The Labute approximate surface area is 116 Å². The van der Waals surface area contributed by atoms with Crippen molar-refractivity contribution < 1.29 is 19.5 Å². The molecule has 3 amide bonds. The van der Waals surface area contributed by atoms with Gasteiger partial charge in [-0.05, 0) is 30.7 Å². The molecule has 0 aliphatic rings. The summed E-state index contributed by atoms with van der Waals surface area (Å²) in [7, 11) is 0. The van der Waals surface area contributed by atoms with Crippen molar-refractivity contribution in [1.82, 2.24) is 5.32 Å². The number of anilines is 2. The fraction of sp³-hybridized carbons (Fsp3) is 0.308. The summed E-state index contributed by atoms with van der Waals surface area (Å²) in [5.41, 5.74) is 6.28. The predicted octanol–water partition coefficient (Wildman–Crippen LogP) is -0.353. The van der Waals surface area contributed by atoms with Crippen molar-refractivity contribution in [3.05, 3.63) is 24.3 Å². The lowest BCUT2D eigenvalue weighted by molar-refractivity contribution is -0.139. The maximum atomic E-state index is 12.0. The van der Waals surface area contributed by atoms with Crippen LogP contribution in [0.1, 0.15) is 13.3 Å². The van der Waals surface area contributed by atoms with Crippen LogP contribution in [0.5, 0.6) is 0 Å². The lowest BCUT2D eigenvalue weighted by atomic mass is 10.2. The average molecular weight is 279 g/mol. The second kappa shape index (κ2) is 7.25. The van der Waals surface area contributed by atoms with Crippen LogP contribution in [0.4, 0.5) is 11.4 Å². The summed E-state index contributed by atoms with van der Waals surface area (Å²) in [5.74, 6) is -2.44. The van der Waals surface area contributed by atoms with Crippen molar-refractivity contribution in [3.8, 4) is 0 Å². The molecule has 1 aromatic rings. The molecule has 0 saturated carbocycles. The lowest BCUT2D eigenvalue weighted by Crippen LogP contribution is -2.45. The Balaban J connectivity index is 2.85. The van der Waals surface area contributed by atoms with Gasteiger partial charge in [-0.15, -0.1) is 0 Å². The number of benzene rings is 1. The third-order valence-corrected chi connectivity index (χ3v) is 2.48. The molecule has 0 atom stereocenters. The molecule has 4 N–H and O–H groups in total. The summed E-state index contributed by atoms with van der Waals surface area (Å²) in [6.07, 6.45) is 0.334. The normalized spacial score (nSPS) is 9.90. The van der Waals surface area contributed by atoms with Gasteiger partial charge in [-0.1, -0.05) is 0 Å². The molecule has 0 spiro atoms. The molecule has 7 nitrogen and oxygen atoms in total. The van der Waals surface area contributed by atoms with Crippen LogP contribution in [0.15, 0.2) is 24.3 Å². The summed E-state index contributed by atoms with van der Waals surface area (Å²) in [4.78, 5) is 35.9. The Hall–Kier alpha value is -2.41. The molecule has 0 aromatic heterocycles. The van der Waals surface area contributed by atoms with E-state index in [0.29, 0.717) is 12.1 Å². The van der Waals surface area contributed by atoms with Gasteiger partial charge in [-0.3, -0.25) is 14.4 Å². The Kier molecular flexibility index (Phi) is 5.67. The van der Waals surface area contributed by atoms with E-state index in [9.17, 15) is 14.4 Å². The van der Waals surface area contributed by atoms with Crippen LogP contribution < -0.4 is 16.0 Å². The van der Waals surface area contributed by atoms with E-state index in [1.165, 1.54) is 31.2 Å². The van der Waals surface area contributed by atoms with Crippen LogP contribution in [0.25, 0.3) is 0 Å². The zero-order chi connectivity index (χ0) is 15.1. The third-order valence-electron chi connectivity index (χ3n) is 2.48. The van der Waals surface area contributed by atoms with Crippen LogP contribution in [0.2, 0.25) is 0 Å². The minimum absolute atomic E-state index is 0.0944. The first-order chi connectivity index (χ1) is 9.47. The molecule has 0 aliphatic carbocycles. The predicted molar refractivity (Wildman–Crippen MR) is 73.7 cm³/mol. The number of imide groups is 1. The van der Waals surface area contributed by atoms with Crippen molar-refractivity contribution in [2.75, 3.05) is 23.8 Å². The molecule has 0 aliphatic heterocycles. The maximum absolute atomic E-state index is 12.0. The van der Waals surface area contributed by atoms with Crippen LogP contribution in [0, 0.1) is 0 Å². The molecule has 0 unspecified atom stereocenters. The molecule has 20 heavy (non-hydrogen) atoms. The van der Waals surface area contributed by atoms with Crippen molar-refractivity contribution in [2.24, 2.45) is 0 Å². The van der Waals surface area contributed by atoms with Gasteiger partial charge >= 0.3 is 11.8 Å². The third kappa shape index (κ3) is 4.06. The number of carbonyl (C=O) groups excluding carboxylic acids is 3. The van der Waals surface area contributed by atoms with Crippen LogP contribution in [-0.4, -0.2) is 36.0 Å². The van der Waals surface area contributed by atoms with Crippen LogP contribution in [-0.2, 0) is 14.4 Å². The molecule has 0 bridgehead atoms. The molecule has 0 saturated heterocycles. The van der Waals surface area contributed by atoms with Gasteiger partial charge in [0.1, 0.15) is 0 Å². The number of rotatable bonds is 4. The number of nitrogens with one attached hydrogen (secondary N) is 1. The quantitative estimate of drug-likeness (QED) is 0.396. The smallest absolute Gasteiger partial charge is 0.323 e. The second-order valence-electron chi connectivity index (χ2n) is 4.08. The molecule has 0 radical (unpaired) electrons. The zero-order valence-electron chi connectivity index (χ0n) is 11.1. The number of amides is 3. The Bertz CT molecular complexity index is 499. The highest BCUT2D eigenvalue weighted by Crippen LogP contribution is 2.16. The van der Waals surface area contributed by atoms with Crippen LogP contribution in [0.3, 0.4) is 0 Å². The van der Waals surface area contributed by atoms with E-state index < -0.39 is 17.7 Å². The summed E-state index contributed by atoms with van der Waals surface area (Å²) in [6.45, 7) is 1.26. The molecular weight excluding hydrogens is 262 g/mol. The number of carbonyl (C=O) groups is 3. The number of aliphatic hydroxyl groups is 1. The van der Waals surface area contributed by atoms with Gasteiger partial charge < -0.3 is 16.2 Å². The summed E-state index contributed by atoms with van der Waals surface area (Å²) in [6, 6.07) is 6.02. The Morgan fingerprint density at radius 2 is 1.85 bits per heavy atom. The first kappa shape index (κ1) is 15.6. The van der Waals surface area contributed by atoms with Crippen molar-refractivity contribution >= 4 is 29.1 Å². The lowest BCUT2D eigenvalue weighted by Gasteiger charge is -2.18. The van der Waals surface area contributed by atoms with E-state index in [2.05, 4.69) is 5.32 Å². The fourth-order valence-corrected chi connectivity index (χ4v) is 1.52. The Morgan fingerprint density at radius 3 is 2.35 bits per heavy atom. The molecule has 108 valence electrons. The van der Waals surface area contributed by atoms with E-state index in [1.54, 1.807) is 0 Å². The second-order valence-corrected chi connectivity index (χ2v) is 4.08. The average Bonchev–Trinajstić information content (AvgIpc) is 2.41. The highest BCUT2D eigenvalue weighted by atomic mass is 16.3. The monoisotopic (exact) mass is 279 g/mol. The molecule has 0 fully saturated rings. The summed E-state index contributed by atoms with van der Waals surface area (Å²) in [5, 5.41) is 10.9. The molecule has 0 heterocycles. The van der Waals surface area contributed by atoms with Crippen molar-refractivity contribution in [1.29, 1.82) is 0 Å². The SMILES string of the molecule is CC(=O)N(C(=O)C(=O)NCCCO)c1ccc(N)cc1. The molecule has 1 aromatic carbocycles. The number of hydrogen-bond acceptors (Lipinski definition) is 5. The van der Waals surface area contributed by atoms with E-state index in [1.807, 2.05) is 0 Å². The zero-order valence-corrected chi connectivity index (χ0v) is 11.1. The fourth-order valence-electron chi connectivity index (χ4n) is 1.52. The van der Waals surface area contributed by atoms with Crippen molar-refractivity contribution in [3.63, 3.8) is 0 Å².